The Morgan fingerprint density at radius 1 is 1.79 bits per heavy atom. The minimum Gasteiger partial charge on any atom is -0.390 e. The van der Waals surface area contributed by atoms with Gasteiger partial charge in [0.25, 0.3) is 0 Å². The first kappa shape index (κ1) is 9.07. The van der Waals surface area contributed by atoms with Crippen molar-refractivity contribution < 1.29 is 4.92 Å². The maximum absolute atomic E-state index is 10.3. The van der Waals surface area contributed by atoms with Gasteiger partial charge in [0.05, 0.1) is 6.54 Å². The van der Waals surface area contributed by atoms with Crippen LogP contribution < -0.4 is 5.32 Å². The Morgan fingerprint density at radius 2 is 2.64 bits per heavy atom. The minimum atomic E-state index is -0.585. The first-order chi connectivity index (χ1) is 6.75. The fourth-order valence-electron chi connectivity index (χ4n) is 1.59. The highest BCUT2D eigenvalue weighted by Crippen LogP contribution is 2.08. The largest absolute Gasteiger partial charge is 0.490 e. The summed E-state index contributed by atoms with van der Waals surface area (Å²) in [7, 11) is 0. The average molecular weight is 197 g/mol. The fourth-order valence-corrected chi connectivity index (χ4v) is 1.59. The van der Waals surface area contributed by atoms with Crippen LogP contribution in [0.25, 0.3) is 0 Å². The van der Waals surface area contributed by atoms with Crippen molar-refractivity contribution in [2.75, 3.05) is 6.54 Å². The lowest BCUT2D eigenvalue weighted by Crippen LogP contribution is -2.26. The quantitative estimate of drug-likeness (QED) is 0.541. The van der Waals surface area contributed by atoms with Crippen molar-refractivity contribution in [1.82, 2.24) is 20.1 Å². The molecule has 1 atom stereocenters. The summed E-state index contributed by atoms with van der Waals surface area (Å²) >= 11 is 0. The smallest absolute Gasteiger partial charge is 0.390 e. The summed E-state index contributed by atoms with van der Waals surface area (Å²) in [5.41, 5.74) is 0. The van der Waals surface area contributed by atoms with Crippen LogP contribution in [0.1, 0.15) is 12.8 Å². The van der Waals surface area contributed by atoms with Crippen LogP contribution in [0.2, 0.25) is 0 Å². The van der Waals surface area contributed by atoms with Gasteiger partial charge in [0.1, 0.15) is 0 Å². The Morgan fingerprint density at radius 3 is 3.21 bits per heavy atom. The standard InChI is InChI=1S/C7H11N5O2/c13-12(14)7-9-5-11(10-7)4-6-2-1-3-8-6/h5-6,8H,1-4H2/t6-/m0/s1. The second-order valence-electron chi connectivity index (χ2n) is 3.32. The van der Waals surface area contributed by atoms with E-state index < -0.39 is 4.92 Å². The Hall–Kier alpha value is -1.50. The molecule has 1 N–H and O–H groups in total. The van der Waals surface area contributed by atoms with Gasteiger partial charge in [-0.1, -0.05) is 4.98 Å². The summed E-state index contributed by atoms with van der Waals surface area (Å²) in [5, 5.41) is 17.3. The van der Waals surface area contributed by atoms with Crippen molar-refractivity contribution in [3.05, 3.63) is 16.4 Å². The molecule has 7 nitrogen and oxygen atoms in total. The molecule has 76 valence electrons. The van der Waals surface area contributed by atoms with Crippen LogP contribution in [0, 0.1) is 10.1 Å². The molecule has 0 unspecified atom stereocenters. The molecule has 0 bridgehead atoms. The molecule has 0 spiro atoms. The summed E-state index contributed by atoms with van der Waals surface area (Å²) in [6.07, 6.45) is 3.65. The molecule has 0 aromatic carbocycles. The molecular formula is C7H11N5O2. The highest BCUT2D eigenvalue weighted by molar-refractivity contribution is 4.97. The van der Waals surface area contributed by atoms with E-state index in [1.54, 1.807) is 0 Å². The Balaban J connectivity index is 1.98. The van der Waals surface area contributed by atoms with Crippen LogP contribution in [0.3, 0.4) is 0 Å². The number of nitro groups is 1. The zero-order chi connectivity index (χ0) is 9.97. The van der Waals surface area contributed by atoms with Crippen molar-refractivity contribution in [2.24, 2.45) is 0 Å². The predicted octanol–water partition coefficient (Wildman–Crippen LogP) is -0.0617. The predicted molar refractivity (Wildman–Crippen MR) is 47.7 cm³/mol. The first-order valence-electron chi connectivity index (χ1n) is 4.53. The molecule has 0 aliphatic carbocycles. The maximum Gasteiger partial charge on any atom is 0.490 e. The zero-order valence-corrected chi connectivity index (χ0v) is 7.59. The van der Waals surface area contributed by atoms with Gasteiger partial charge in [0.2, 0.25) is 6.33 Å². The van der Waals surface area contributed by atoms with E-state index in [0.717, 1.165) is 19.4 Å². The van der Waals surface area contributed by atoms with Gasteiger partial charge in [0.15, 0.2) is 0 Å². The van der Waals surface area contributed by atoms with E-state index in [0.29, 0.717) is 12.6 Å². The second-order valence-corrected chi connectivity index (χ2v) is 3.32. The molecule has 1 aromatic rings. The summed E-state index contributed by atoms with van der Waals surface area (Å²) in [5.74, 6) is -0.331. The maximum atomic E-state index is 10.3. The monoisotopic (exact) mass is 197 g/mol. The summed E-state index contributed by atoms with van der Waals surface area (Å²) in [6, 6.07) is 0.372. The average Bonchev–Trinajstić information content (AvgIpc) is 2.75. The van der Waals surface area contributed by atoms with E-state index in [-0.39, 0.29) is 5.95 Å². The first-order valence-corrected chi connectivity index (χ1v) is 4.53. The molecule has 1 aliphatic rings. The van der Waals surface area contributed by atoms with Crippen molar-refractivity contribution >= 4 is 5.95 Å². The number of nitrogens with zero attached hydrogens (tertiary/aromatic N) is 4. The van der Waals surface area contributed by atoms with Crippen LogP contribution in [0.4, 0.5) is 5.95 Å². The molecule has 1 saturated heterocycles. The number of nitrogens with one attached hydrogen (secondary N) is 1. The second kappa shape index (κ2) is 3.70. The van der Waals surface area contributed by atoms with E-state index >= 15 is 0 Å². The number of hydrogen-bond donors (Lipinski definition) is 1. The number of rotatable bonds is 3. The lowest BCUT2D eigenvalue weighted by Gasteiger charge is -2.05. The van der Waals surface area contributed by atoms with Crippen LogP contribution in [0.15, 0.2) is 6.33 Å². The van der Waals surface area contributed by atoms with Crippen molar-refractivity contribution in [3.63, 3.8) is 0 Å². The third kappa shape index (κ3) is 1.87. The third-order valence-corrected chi connectivity index (χ3v) is 2.26. The molecule has 1 aliphatic heterocycles. The van der Waals surface area contributed by atoms with Crippen LogP contribution in [-0.4, -0.2) is 32.3 Å². The van der Waals surface area contributed by atoms with Crippen LogP contribution >= 0.6 is 0 Å². The molecule has 0 saturated carbocycles. The molecule has 0 amide bonds. The van der Waals surface area contributed by atoms with Gasteiger partial charge in [-0.25, -0.2) is 0 Å². The van der Waals surface area contributed by atoms with E-state index in [1.807, 2.05) is 0 Å². The van der Waals surface area contributed by atoms with E-state index in [1.165, 1.54) is 11.0 Å². The highest BCUT2D eigenvalue weighted by Gasteiger charge is 2.19. The molecule has 2 heterocycles. The highest BCUT2D eigenvalue weighted by atomic mass is 16.6. The van der Waals surface area contributed by atoms with Gasteiger partial charge in [-0.05, 0) is 24.3 Å². The lowest BCUT2D eigenvalue weighted by molar-refractivity contribution is -0.394. The Bertz CT molecular complexity index is 331. The van der Waals surface area contributed by atoms with Gasteiger partial charge in [-0.2, -0.15) is 4.68 Å². The molecule has 0 radical (unpaired) electrons. The van der Waals surface area contributed by atoms with Gasteiger partial charge >= 0.3 is 5.95 Å². The van der Waals surface area contributed by atoms with Crippen molar-refractivity contribution in [1.29, 1.82) is 0 Å². The summed E-state index contributed by atoms with van der Waals surface area (Å²) in [6.45, 7) is 1.67. The van der Waals surface area contributed by atoms with Gasteiger partial charge < -0.3 is 15.4 Å². The fraction of sp³-hybridized carbons (Fsp3) is 0.714. The van der Waals surface area contributed by atoms with E-state index in [4.69, 9.17) is 0 Å². The SMILES string of the molecule is O=[N+]([O-])c1ncn(C[C@@H]2CCCN2)n1. The minimum absolute atomic E-state index is 0.331. The molecule has 1 aromatic heterocycles. The Kier molecular flexibility index (Phi) is 2.40. The molecule has 2 rings (SSSR count). The third-order valence-electron chi connectivity index (χ3n) is 2.26. The van der Waals surface area contributed by atoms with Crippen molar-refractivity contribution in [2.45, 2.75) is 25.4 Å². The molecular weight excluding hydrogens is 186 g/mol. The number of aromatic nitrogens is 3. The zero-order valence-electron chi connectivity index (χ0n) is 7.59. The van der Waals surface area contributed by atoms with Gasteiger partial charge in [-0.3, -0.25) is 0 Å². The summed E-state index contributed by atoms with van der Waals surface area (Å²) < 4.78 is 1.52. The Labute approximate surface area is 80.3 Å². The van der Waals surface area contributed by atoms with Crippen molar-refractivity contribution in [3.8, 4) is 0 Å². The van der Waals surface area contributed by atoms with Crippen LogP contribution in [-0.2, 0) is 6.54 Å². The molecule has 14 heavy (non-hydrogen) atoms. The van der Waals surface area contributed by atoms with Gasteiger partial charge in [0, 0.05) is 11.1 Å². The topological polar surface area (TPSA) is 85.9 Å². The summed E-state index contributed by atoms with van der Waals surface area (Å²) in [4.78, 5) is 13.3. The molecule has 7 heteroatoms. The van der Waals surface area contributed by atoms with E-state index in [2.05, 4.69) is 15.4 Å². The normalized spacial score (nSPS) is 21.3. The lowest BCUT2D eigenvalue weighted by atomic mass is 10.2. The van der Waals surface area contributed by atoms with E-state index in [9.17, 15) is 10.1 Å². The van der Waals surface area contributed by atoms with Gasteiger partial charge in [-0.15, -0.1) is 0 Å². The molecule has 1 fully saturated rings. The van der Waals surface area contributed by atoms with Crippen LogP contribution in [0.5, 0.6) is 0 Å². The number of hydrogen-bond acceptors (Lipinski definition) is 5.